The molecule has 0 fully saturated rings. The Hall–Kier alpha value is -4.60. The molecule has 0 saturated heterocycles. The Morgan fingerprint density at radius 3 is 2.08 bits per heavy atom. The zero-order chi connectivity index (χ0) is 28.9. The first-order valence-electron chi connectivity index (χ1n) is 12.6. The molecule has 1 heterocycles. The molecule has 40 heavy (non-hydrogen) atoms. The summed E-state index contributed by atoms with van der Waals surface area (Å²) in [6.45, 7) is 5.29. The van der Waals surface area contributed by atoms with Crippen LogP contribution in [0.3, 0.4) is 0 Å². The molecular weight excluding hydrogens is 525 g/mol. The van der Waals surface area contributed by atoms with Crippen LogP contribution in [0.15, 0.2) is 77.3 Å². The van der Waals surface area contributed by atoms with Crippen LogP contribution in [-0.4, -0.2) is 30.4 Å². The van der Waals surface area contributed by atoms with E-state index < -0.39 is 17.8 Å². The van der Waals surface area contributed by atoms with Crippen LogP contribution in [0.4, 0.5) is 29.3 Å². The molecule has 0 atom stereocenters. The molecule has 208 valence electrons. The largest absolute Gasteiger partial charge is 0.466 e. The minimum Gasteiger partial charge on any atom is -0.466 e. The maximum absolute atomic E-state index is 13.4. The number of carbonyl (C=O) groups excluding carboxylic acids is 2. The summed E-state index contributed by atoms with van der Waals surface area (Å²) in [4.78, 5) is 25.8. The van der Waals surface area contributed by atoms with Crippen LogP contribution >= 0.6 is 0 Å². The Morgan fingerprint density at radius 1 is 0.875 bits per heavy atom. The lowest BCUT2D eigenvalue weighted by Gasteiger charge is -2.23. The lowest BCUT2D eigenvalue weighted by molar-refractivity contribution is -0.142. The monoisotopic (exact) mass is 552 g/mol. The summed E-state index contributed by atoms with van der Waals surface area (Å²) < 4.78 is 56.1. The summed E-state index contributed by atoms with van der Waals surface area (Å²) in [6.07, 6.45) is -5.28. The van der Waals surface area contributed by atoms with Gasteiger partial charge in [-0.1, -0.05) is 59.8 Å². The minimum atomic E-state index is -4.60. The number of esters is 1. The average molecular weight is 553 g/mol. The number of halogens is 3. The van der Waals surface area contributed by atoms with Gasteiger partial charge < -0.3 is 14.0 Å². The lowest BCUT2D eigenvalue weighted by Crippen LogP contribution is -2.28. The van der Waals surface area contributed by atoms with Gasteiger partial charge in [0.1, 0.15) is 11.4 Å². The van der Waals surface area contributed by atoms with E-state index in [4.69, 9.17) is 14.0 Å². The molecular formula is C30H27F3N2O5. The van der Waals surface area contributed by atoms with Gasteiger partial charge in [0.15, 0.2) is 5.76 Å². The summed E-state index contributed by atoms with van der Waals surface area (Å²) in [5.74, 6) is -0.0981. The maximum Gasteiger partial charge on any atom is 0.419 e. The van der Waals surface area contributed by atoms with Crippen molar-refractivity contribution < 1.29 is 36.8 Å². The summed E-state index contributed by atoms with van der Waals surface area (Å²) in [6, 6.07) is 19.1. The minimum absolute atomic E-state index is 0.0151. The molecule has 3 aromatic carbocycles. The number of rotatable bonds is 8. The Morgan fingerprint density at radius 2 is 1.48 bits per heavy atom. The molecule has 4 rings (SSSR count). The van der Waals surface area contributed by atoms with E-state index >= 15 is 0 Å². The highest BCUT2D eigenvalue weighted by Crippen LogP contribution is 2.40. The van der Waals surface area contributed by atoms with Crippen LogP contribution in [0.1, 0.15) is 30.7 Å². The standard InChI is InChI=1S/C30H27F3N2O5/c1-4-38-26(36)17-20-9-11-21(12-10-20)22-13-15-23(16-14-22)28-27(19(3)34-40-28)35(29(37)39-5-2)25-8-6-7-24(18-25)30(31,32)33/h6-16,18H,4-5,17H2,1-3H3. The summed E-state index contributed by atoms with van der Waals surface area (Å²) in [7, 11) is 0. The van der Waals surface area contributed by atoms with Gasteiger partial charge in [0, 0.05) is 5.56 Å². The number of aryl methyl sites for hydroxylation is 1. The van der Waals surface area contributed by atoms with Crippen LogP contribution < -0.4 is 4.90 Å². The molecule has 0 aliphatic carbocycles. The number of alkyl halides is 3. The van der Waals surface area contributed by atoms with E-state index in [1.165, 1.54) is 12.1 Å². The first-order chi connectivity index (χ1) is 19.1. The van der Waals surface area contributed by atoms with E-state index in [0.717, 1.165) is 33.7 Å². The highest BCUT2D eigenvalue weighted by molar-refractivity contribution is 6.00. The van der Waals surface area contributed by atoms with Gasteiger partial charge in [-0.2, -0.15) is 13.2 Å². The van der Waals surface area contributed by atoms with E-state index in [1.54, 1.807) is 32.9 Å². The third-order valence-corrected chi connectivity index (χ3v) is 6.03. The van der Waals surface area contributed by atoms with Gasteiger partial charge in [0.2, 0.25) is 0 Å². The Kier molecular flexibility index (Phi) is 8.57. The fraction of sp³-hybridized carbons (Fsp3) is 0.233. The highest BCUT2D eigenvalue weighted by Gasteiger charge is 2.33. The number of ether oxygens (including phenoxy) is 2. The number of aromatic nitrogens is 1. The Balaban J connectivity index is 1.67. The van der Waals surface area contributed by atoms with Crippen molar-refractivity contribution in [2.75, 3.05) is 18.1 Å². The van der Waals surface area contributed by atoms with Crippen molar-refractivity contribution in [3.8, 4) is 22.5 Å². The van der Waals surface area contributed by atoms with E-state index in [0.29, 0.717) is 17.9 Å². The van der Waals surface area contributed by atoms with Gasteiger partial charge in [0.25, 0.3) is 0 Å². The molecule has 0 spiro atoms. The predicted molar refractivity (Wildman–Crippen MR) is 143 cm³/mol. The van der Waals surface area contributed by atoms with Crippen LogP contribution in [0, 0.1) is 6.92 Å². The van der Waals surface area contributed by atoms with Crippen LogP contribution in [0.25, 0.3) is 22.5 Å². The molecule has 7 nitrogen and oxygen atoms in total. The Bertz CT molecular complexity index is 1480. The van der Waals surface area contributed by atoms with Crippen molar-refractivity contribution in [1.29, 1.82) is 0 Å². The third kappa shape index (κ3) is 6.33. The topological polar surface area (TPSA) is 81.9 Å². The van der Waals surface area contributed by atoms with Crippen LogP contribution in [0.2, 0.25) is 0 Å². The fourth-order valence-electron chi connectivity index (χ4n) is 4.16. The molecule has 0 radical (unpaired) electrons. The number of hydrogen-bond donors (Lipinski definition) is 0. The fourth-order valence-corrected chi connectivity index (χ4v) is 4.16. The number of benzene rings is 3. The van der Waals surface area contributed by atoms with E-state index in [1.807, 2.05) is 36.4 Å². The second-order valence-electron chi connectivity index (χ2n) is 8.78. The molecule has 0 aliphatic heterocycles. The number of nitrogens with zero attached hydrogens (tertiary/aromatic N) is 2. The van der Waals surface area contributed by atoms with Gasteiger partial charge in [-0.25, -0.2) is 9.69 Å². The second kappa shape index (κ2) is 12.1. The first kappa shape index (κ1) is 28.4. The number of carbonyl (C=O) groups is 2. The van der Waals surface area contributed by atoms with Gasteiger partial charge in [0.05, 0.1) is 30.9 Å². The molecule has 10 heteroatoms. The SMILES string of the molecule is CCOC(=O)Cc1ccc(-c2ccc(-c3onc(C)c3N(C(=O)OCC)c3cccc(C(F)(F)F)c3)cc2)cc1. The van der Waals surface area contributed by atoms with E-state index in [9.17, 15) is 22.8 Å². The van der Waals surface area contributed by atoms with Gasteiger partial charge in [-0.15, -0.1) is 0 Å². The molecule has 4 aromatic rings. The zero-order valence-corrected chi connectivity index (χ0v) is 22.1. The lowest BCUT2D eigenvalue weighted by atomic mass is 10.0. The van der Waals surface area contributed by atoms with Crippen molar-refractivity contribution in [2.45, 2.75) is 33.4 Å². The molecule has 0 unspecified atom stereocenters. The Labute approximate surface area is 229 Å². The quantitative estimate of drug-likeness (QED) is 0.208. The smallest absolute Gasteiger partial charge is 0.419 e. The van der Waals surface area contributed by atoms with Crippen molar-refractivity contribution in [3.05, 3.63) is 89.6 Å². The maximum atomic E-state index is 13.4. The number of amides is 1. The highest BCUT2D eigenvalue weighted by atomic mass is 19.4. The summed E-state index contributed by atoms with van der Waals surface area (Å²) in [5.41, 5.74) is 2.69. The predicted octanol–water partition coefficient (Wildman–Crippen LogP) is 7.74. The van der Waals surface area contributed by atoms with Crippen molar-refractivity contribution in [3.63, 3.8) is 0 Å². The molecule has 0 N–H and O–H groups in total. The van der Waals surface area contributed by atoms with Crippen molar-refractivity contribution >= 4 is 23.4 Å². The zero-order valence-electron chi connectivity index (χ0n) is 22.1. The molecule has 1 amide bonds. The van der Waals surface area contributed by atoms with Crippen molar-refractivity contribution in [2.24, 2.45) is 0 Å². The molecule has 0 bridgehead atoms. The normalized spacial score (nSPS) is 11.2. The molecule has 0 saturated carbocycles. The van der Waals surface area contributed by atoms with Crippen LogP contribution in [-0.2, 0) is 26.9 Å². The molecule has 1 aromatic heterocycles. The second-order valence-corrected chi connectivity index (χ2v) is 8.78. The van der Waals surface area contributed by atoms with E-state index in [-0.39, 0.29) is 36.1 Å². The number of hydrogen-bond acceptors (Lipinski definition) is 6. The molecule has 0 aliphatic rings. The van der Waals surface area contributed by atoms with E-state index in [2.05, 4.69) is 5.16 Å². The third-order valence-electron chi connectivity index (χ3n) is 6.03. The average Bonchev–Trinajstić information content (AvgIpc) is 3.30. The van der Waals surface area contributed by atoms with Gasteiger partial charge in [-0.05, 0) is 55.7 Å². The van der Waals surface area contributed by atoms with Crippen molar-refractivity contribution in [1.82, 2.24) is 5.16 Å². The summed E-state index contributed by atoms with van der Waals surface area (Å²) in [5, 5.41) is 4.00. The van der Waals surface area contributed by atoms with Gasteiger partial charge in [-0.3, -0.25) is 4.79 Å². The number of anilines is 2. The first-order valence-corrected chi connectivity index (χ1v) is 12.6. The summed E-state index contributed by atoms with van der Waals surface area (Å²) >= 11 is 0. The van der Waals surface area contributed by atoms with Crippen LogP contribution in [0.5, 0.6) is 0 Å². The van der Waals surface area contributed by atoms with Gasteiger partial charge >= 0.3 is 18.2 Å².